The van der Waals surface area contributed by atoms with E-state index < -0.39 is 11.9 Å². The number of likely N-dealkylation sites (tertiary alicyclic amines) is 1. The Bertz CT molecular complexity index is 1390. The van der Waals surface area contributed by atoms with Crippen LogP contribution in [0.4, 0.5) is 0 Å². The molecule has 0 bridgehead atoms. The quantitative estimate of drug-likeness (QED) is 0.193. The van der Waals surface area contributed by atoms with Gasteiger partial charge in [-0.2, -0.15) is 0 Å². The van der Waals surface area contributed by atoms with E-state index in [2.05, 4.69) is 10.6 Å². The smallest absolute Gasteiger partial charge is 0.251 e. The highest BCUT2D eigenvalue weighted by atomic mass is 32.1. The zero-order valence-electron chi connectivity index (χ0n) is 22.5. The number of hydrogen-bond acceptors (Lipinski definition) is 7. The number of nitrogens with one attached hydrogen (secondary N) is 3. The molecule has 2 fully saturated rings. The second-order valence-electron chi connectivity index (χ2n) is 10.3. The summed E-state index contributed by atoms with van der Waals surface area (Å²) in [7, 11) is 0. The molecule has 2 aromatic carbocycles. The van der Waals surface area contributed by atoms with Gasteiger partial charge in [0.2, 0.25) is 11.8 Å². The van der Waals surface area contributed by atoms with Crippen LogP contribution in [0.1, 0.15) is 40.1 Å². The molecule has 1 saturated heterocycles. The van der Waals surface area contributed by atoms with Gasteiger partial charge in [0, 0.05) is 41.0 Å². The molecule has 5 rings (SSSR count). The molecule has 10 nitrogen and oxygen atoms in total. The van der Waals surface area contributed by atoms with Crippen LogP contribution >= 0.6 is 11.3 Å². The Balaban J connectivity index is 1.16. The van der Waals surface area contributed by atoms with E-state index in [9.17, 15) is 14.4 Å². The van der Waals surface area contributed by atoms with Crippen LogP contribution < -0.4 is 21.1 Å². The molecular formula is C30H33N5O5S. The first-order valence-electron chi connectivity index (χ1n) is 13.6. The zero-order valence-corrected chi connectivity index (χ0v) is 23.3. The predicted octanol–water partition coefficient (Wildman–Crippen LogP) is 3.27. The number of amidine groups is 1. The molecule has 214 valence electrons. The maximum atomic E-state index is 13.2. The lowest BCUT2D eigenvalue weighted by Crippen LogP contribution is -2.48. The molecule has 2 aliphatic rings. The second-order valence-corrected chi connectivity index (χ2v) is 11.2. The first-order chi connectivity index (χ1) is 19.9. The van der Waals surface area contributed by atoms with E-state index in [1.165, 1.54) is 16.2 Å². The number of carbonyl (C=O) groups excluding carboxylic acids is 3. The molecule has 3 aromatic rings. The molecule has 41 heavy (non-hydrogen) atoms. The Hall–Kier alpha value is -4.22. The Morgan fingerprint density at radius 3 is 2.41 bits per heavy atom. The van der Waals surface area contributed by atoms with E-state index >= 15 is 0 Å². The summed E-state index contributed by atoms with van der Waals surface area (Å²) in [6.07, 6.45) is 2.44. The largest absolute Gasteiger partial charge is 0.457 e. The van der Waals surface area contributed by atoms with Crippen LogP contribution in [0.15, 0.2) is 66.0 Å². The topological polar surface area (TPSA) is 147 Å². The van der Waals surface area contributed by atoms with Gasteiger partial charge in [0.25, 0.3) is 5.91 Å². The maximum Gasteiger partial charge on any atom is 0.251 e. The van der Waals surface area contributed by atoms with Crippen LogP contribution in [0.2, 0.25) is 0 Å². The number of hydrogen-bond donors (Lipinski definition) is 4. The first kappa shape index (κ1) is 28.3. The Labute approximate surface area is 242 Å². The lowest BCUT2D eigenvalue weighted by atomic mass is 10.1. The van der Waals surface area contributed by atoms with E-state index in [0.29, 0.717) is 48.1 Å². The highest BCUT2D eigenvalue weighted by molar-refractivity contribution is 7.10. The minimum atomic E-state index is -0.703. The van der Waals surface area contributed by atoms with Crippen molar-refractivity contribution in [3.05, 3.63) is 82.0 Å². The summed E-state index contributed by atoms with van der Waals surface area (Å²) in [6, 6.07) is 17.0. The second kappa shape index (κ2) is 13.0. The number of thiophene rings is 1. The zero-order chi connectivity index (χ0) is 28.8. The lowest BCUT2D eigenvalue weighted by Gasteiger charge is -2.24. The summed E-state index contributed by atoms with van der Waals surface area (Å²) in [5, 5.41) is 14.9. The van der Waals surface area contributed by atoms with Crippen LogP contribution in [0, 0.1) is 11.3 Å². The van der Waals surface area contributed by atoms with E-state index in [-0.39, 0.29) is 36.8 Å². The third kappa shape index (κ3) is 7.71. The van der Waals surface area contributed by atoms with Crippen LogP contribution in [0.5, 0.6) is 11.5 Å². The average Bonchev–Trinajstić information content (AvgIpc) is 3.51. The molecule has 1 aromatic heterocycles. The molecule has 5 N–H and O–H groups in total. The average molecular weight is 576 g/mol. The molecule has 3 amide bonds. The lowest BCUT2D eigenvalue weighted by molar-refractivity contribution is -0.137. The number of benzene rings is 2. The summed E-state index contributed by atoms with van der Waals surface area (Å²) in [5.41, 5.74) is 6.53. The van der Waals surface area contributed by atoms with Crippen LogP contribution in [0.3, 0.4) is 0 Å². The Morgan fingerprint density at radius 1 is 1.00 bits per heavy atom. The van der Waals surface area contributed by atoms with Crippen molar-refractivity contribution in [2.24, 2.45) is 11.7 Å². The third-order valence-corrected chi connectivity index (χ3v) is 7.98. The van der Waals surface area contributed by atoms with Crippen LogP contribution in [0.25, 0.3) is 0 Å². The first-order valence-corrected chi connectivity index (χ1v) is 14.5. The van der Waals surface area contributed by atoms with Gasteiger partial charge >= 0.3 is 0 Å². The monoisotopic (exact) mass is 575 g/mol. The van der Waals surface area contributed by atoms with Crippen LogP contribution in [-0.2, 0) is 20.9 Å². The summed E-state index contributed by atoms with van der Waals surface area (Å²) in [4.78, 5) is 41.5. The van der Waals surface area contributed by atoms with Gasteiger partial charge in [0.1, 0.15) is 23.4 Å². The number of nitrogens with zero attached hydrogens (tertiary/aromatic N) is 1. The maximum absolute atomic E-state index is 13.2. The van der Waals surface area contributed by atoms with E-state index in [1.807, 2.05) is 30.3 Å². The third-order valence-electron chi connectivity index (χ3n) is 7.05. The standard InChI is InChI=1S/C30H33N5O5S/c31-28(32)21-12-25(41-18-21)14-33-30(38)26-13-24(39-17-19-6-7-19)16-35(26)27(36)15-34-29(37)20-8-10-23(11-9-20)40-22-4-2-1-3-5-22/h1-5,8-12,18-19,24,26H,6-7,13-17H2,(H3,31,32)(H,33,38)(H,34,37)/t24-,26+/m1/s1. The van der Waals surface area contributed by atoms with Crippen molar-refractivity contribution in [3.63, 3.8) is 0 Å². The van der Waals surface area contributed by atoms with Crippen molar-refractivity contribution in [3.8, 4) is 11.5 Å². The molecule has 11 heteroatoms. The molecular weight excluding hydrogens is 542 g/mol. The fourth-order valence-corrected chi connectivity index (χ4v) is 5.39. The molecule has 1 saturated carbocycles. The van der Waals surface area contributed by atoms with E-state index in [0.717, 1.165) is 17.7 Å². The van der Waals surface area contributed by atoms with Gasteiger partial charge in [0.05, 0.1) is 19.2 Å². The van der Waals surface area contributed by atoms with E-state index in [1.54, 1.807) is 35.7 Å². The highest BCUT2D eigenvalue weighted by Gasteiger charge is 2.40. The summed E-state index contributed by atoms with van der Waals surface area (Å²) in [6.45, 7) is 0.944. The van der Waals surface area contributed by atoms with Crippen molar-refractivity contribution in [2.75, 3.05) is 19.7 Å². The SMILES string of the molecule is N=C(N)c1csc(CNC(=O)[C@@H]2C[C@@H](OCC3CC3)CN2C(=O)CNC(=O)c2ccc(Oc3ccccc3)cc2)c1. The Morgan fingerprint density at radius 2 is 1.73 bits per heavy atom. The predicted molar refractivity (Wildman–Crippen MR) is 155 cm³/mol. The molecule has 0 spiro atoms. The normalized spacial score (nSPS) is 18.1. The number of rotatable bonds is 12. The summed E-state index contributed by atoms with van der Waals surface area (Å²) < 4.78 is 11.8. The number of nitrogen functional groups attached to an aromatic ring is 1. The number of ether oxygens (including phenoxy) is 2. The van der Waals surface area contributed by atoms with Gasteiger partial charge < -0.3 is 30.7 Å². The van der Waals surface area contributed by atoms with Crippen LogP contribution in [-0.4, -0.2) is 60.3 Å². The molecule has 2 heterocycles. The minimum absolute atomic E-state index is 0.0273. The van der Waals surface area contributed by atoms with Gasteiger partial charge in [-0.1, -0.05) is 18.2 Å². The number of amides is 3. The minimum Gasteiger partial charge on any atom is -0.457 e. The van der Waals surface area contributed by atoms with Gasteiger partial charge in [-0.05, 0) is 61.2 Å². The summed E-state index contributed by atoms with van der Waals surface area (Å²) >= 11 is 1.40. The van der Waals surface area contributed by atoms with E-state index in [4.69, 9.17) is 20.6 Å². The molecule has 0 unspecified atom stereocenters. The molecule has 1 aliphatic carbocycles. The van der Waals surface area contributed by atoms with Gasteiger partial charge in [-0.25, -0.2) is 0 Å². The highest BCUT2D eigenvalue weighted by Crippen LogP contribution is 2.31. The summed E-state index contributed by atoms with van der Waals surface area (Å²) in [5.74, 6) is 0.780. The molecule has 2 atom stereocenters. The van der Waals surface area contributed by atoms with Crippen molar-refractivity contribution in [2.45, 2.75) is 38.0 Å². The fraction of sp³-hybridized carbons (Fsp3) is 0.333. The van der Waals surface area contributed by atoms with Gasteiger partial charge in [0.15, 0.2) is 0 Å². The van der Waals surface area contributed by atoms with Crippen molar-refractivity contribution >= 4 is 34.9 Å². The molecule has 1 aliphatic heterocycles. The Kier molecular flexibility index (Phi) is 8.95. The fourth-order valence-electron chi connectivity index (χ4n) is 4.56. The van der Waals surface area contributed by atoms with Crippen molar-refractivity contribution < 1.29 is 23.9 Å². The van der Waals surface area contributed by atoms with Crippen molar-refractivity contribution in [1.29, 1.82) is 5.41 Å². The van der Waals surface area contributed by atoms with Gasteiger partial charge in [-0.3, -0.25) is 19.8 Å². The van der Waals surface area contributed by atoms with Crippen molar-refractivity contribution in [1.82, 2.24) is 15.5 Å². The molecule has 0 radical (unpaired) electrons. The van der Waals surface area contributed by atoms with Gasteiger partial charge in [-0.15, -0.1) is 11.3 Å². The number of nitrogens with two attached hydrogens (primary N) is 1. The number of para-hydroxylation sites is 1. The number of carbonyl (C=O) groups is 3.